The van der Waals surface area contributed by atoms with Crippen LogP contribution in [0.3, 0.4) is 0 Å². The molecule has 1 atom stereocenters. The Kier molecular flexibility index (Phi) is 5.86. The number of anilines is 1. The monoisotopic (exact) mass is 484 g/mol. The van der Waals surface area contributed by atoms with Gasteiger partial charge in [-0.1, -0.05) is 26.8 Å². The van der Waals surface area contributed by atoms with E-state index < -0.39 is 17.4 Å². The van der Waals surface area contributed by atoms with Crippen molar-refractivity contribution in [3.63, 3.8) is 0 Å². The smallest absolute Gasteiger partial charge is 0.166 e. The summed E-state index contributed by atoms with van der Waals surface area (Å²) in [7, 11) is 0. The molecule has 4 heterocycles. The van der Waals surface area contributed by atoms with E-state index in [1.54, 1.807) is 18.2 Å². The van der Waals surface area contributed by atoms with Crippen molar-refractivity contribution in [3.05, 3.63) is 47.6 Å². The maximum atomic E-state index is 15.8. The van der Waals surface area contributed by atoms with Gasteiger partial charge in [0.25, 0.3) is 0 Å². The number of thiazole rings is 1. The van der Waals surface area contributed by atoms with Gasteiger partial charge < -0.3 is 9.54 Å². The molecule has 1 saturated heterocycles. The van der Waals surface area contributed by atoms with E-state index in [9.17, 15) is 4.55 Å². The Hall–Kier alpha value is -2.53. The van der Waals surface area contributed by atoms with Crippen molar-refractivity contribution in [2.45, 2.75) is 39.0 Å². The Balaban J connectivity index is 1.62. The molecule has 5 rings (SSSR count). The maximum Gasteiger partial charge on any atom is 0.166 e. The summed E-state index contributed by atoms with van der Waals surface area (Å²) in [5, 5.41) is 1.74. The second kappa shape index (κ2) is 8.68. The molecule has 1 aliphatic rings. The van der Waals surface area contributed by atoms with E-state index in [0.717, 1.165) is 41.2 Å². The van der Waals surface area contributed by atoms with Gasteiger partial charge in [-0.05, 0) is 31.0 Å². The molecule has 1 aromatic carbocycles. The Morgan fingerprint density at radius 2 is 1.94 bits per heavy atom. The molecule has 2 N–H and O–H groups in total. The zero-order valence-corrected chi connectivity index (χ0v) is 20.3. The quantitative estimate of drug-likeness (QED) is 0.375. The summed E-state index contributed by atoms with van der Waals surface area (Å²) in [5.41, 5.74) is 2.28. The predicted molar refractivity (Wildman–Crippen MR) is 132 cm³/mol. The number of benzene rings is 1. The predicted octanol–water partition coefficient (Wildman–Crippen LogP) is 5.27. The topological polar surface area (TPSA) is 92.8 Å². The molecule has 172 valence electrons. The Morgan fingerprint density at radius 1 is 1.15 bits per heavy atom. The lowest BCUT2D eigenvalue weighted by Gasteiger charge is -2.19. The lowest BCUT2D eigenvalue weighted by Crippen LogP contribution is -2.33. The number of hydrogen-bond acceptors (Lipinski definition) is 7. The normalized spacial score (nSPS) is 15.9. The number of rotatable bonds is 5. The molecule has 0 bridgehead atoms. The molecule has 33 heavy (non-hydrogen) atoms. The molecule has 7 nitrogen and oxygen atoms in total. The van der Waals surface area contributed by atoms with Crippen LogP contribution >= 0.6 is 11.3 Å². The van der Waals surface area contributed by atoms with Crippen LogP contribution in [0.1, 0.15) is 38.6 Å². The van der Waals surface area contributed by atoms with E-state index in [-0.39, 0.29) is 11.1 Å². The second-order valence-corrected chi connectivity index (χ2v) is 11.3. The molecular formula is C23H25FN6OS2. The minimum Gasteiger partial charge on any atom is -0.573 e. The largest absolute Gasteiger partial charge is 0.573 e. The molecule has 3 aromatic heterocycles. The van der Waals surface area contributed by atoms with Crippen molar-refractivity contribution in [2.24, 2.45) is 0 Å². The maximum absolute atomic E-state index is 15.8. The Labute approximate surface area is 198 Å². The van der Waals surface area contributed by atoms with Crippen LogP contribution in [0.15, 0.2) is 36.8 Å². The minimum absolute atomic E-state index is 0.198. The average Bonchev–Trinajstić information content (AvgIpc) is 3.54. The van der Waals surface area contributed by atoms with Gasteiger partial charge in [0.05, 0.1) is 21.3 Å². The van der Waals surface area contributed by atoms with Crippen molar-refractivity contribution in [3.8, 4) is 21.8 Å². The lowest BCUT2D eigenvalue weighted by atomic mass is 9.98. The van der Waals surface area contributed by atoms with Crippen LogP contribution in [0.5, 0.6) is 0 Å². The molecule has 1 aliphatic heterocycles. The van der Waals surface area contributed by atoms with Crippen LogP contribution in [0.2, 0.25) is 0 Å². The summed E-state index contributed by atoms with van der Waals surface area (Å²) < 4.78 is 33.1. The molecule has 1 fully saturated rings. The number of nitrogens with one attached hydrogen (secondary N) is 2. The van der Waals surface area contributed by atoms with Gasteiger partial charge >= 0.3 is 0 Å². The molecule has 4 aromatic rings. The van der Waals surface area contributed by atoms with E-state index in [1.165, 1.54) is 17.7 Å². The number of fused-ring (bicyclic) bond motifs is 1. The van der Waals surface area contributed by atoms with Gasteiger partial charge in [-0.3, -0.25) is 0 Å². The number of H-pyrrole nitrogens is 1. The molecule has 1 unspecified atom stereocenters. The van der Waals surface area contributed by atoms with Crippen molar-refractivity contribution in [2.75, 3.05) is 17.8 Å². The van der Waals surface area contributed by atoms with Gasteiger partial charge in [-0.15, -0.1) is 15.6 Å². The highest BCUT2D eigenvalue weighted by Crippen LogP contribution is 2.43. The van der Waals surface area contributed by atoms with E-state index in [0.29, 0.717) is 22.6 Å². The van der Waals surface area contributed by atoms with E-state index in [1.807, 2.05) is 16.6 Å². The summed E-state index contributed by atoms with van der Waals surface area (Å²) in [5.74, 6) is -0.476. The van der Waals surface area contributed by atoms with Crippen LogP contribution in [0.4, 0.5) is 10.1 Å². The third kappa shape index (κ3) is 4.23. The van der Waals surface area contributed by atoms with Crippen molar-refractivity contribution < 1.29 is 8.94 Å². The molecule has 0 radical (unpaired) electrons. The van der Waals surface area contributed by atoms with Gasteiger partial charge in [-0.25, -0.2) is 19.3 Å². The number of hydrogen-bond donors (Lipinski definition) is 2. The molecule has 0 aliphatic carbocycles. The fourth-order valence-electron chi connectivity index (χ4n) is 3.84. The van der Waals surface area contributed by atoms with Crippen LogP contribution in [-0.4, -0.2) is 41.9 Å². The zero-order chi connectivity index (χ0) is 23.2. The van der Waals surface area contributed by atoms with Crippen LogP contribution in [0.25, 0.3) is 32.9 Å². The number of halogens is 1. The molecule has 10 heteroatoms. The fraction of sp³-hybridized carbons (Fsp3) is 0.348. The first-order chi connectivity index (χ1) is 15.8. The SMILES string of the molecule is CC(C)(C)c1nc(-c2cccc(N[S+]([O-])N3CCCC3)c2F)c(-c2ncnc3[nH]ccc23)s1. The summed E-state index contributed by atoms with van der Waals surface area (Å²) in [4.78, 5) is 17.6. The summed E-state index contributed by atoms with van der Waals surface area (Å²) in [6, 6.07) is 6.99. The number of nitrogens with zero attached hydrogens (tertiary/aromatic N) is 4. The highest BCUT2D eigenvalue weighted by atomic mass is 32.2. The number of aromatic nitrogens is 4. The highest BCUT2D eigenvalue weighted by Gasteiger charge is 2.29. The first-order valence-corrected chi connectivity index (χ1v) is 12.8. The number of aromatic amines is 1. The zero-order valence-electron chi connectivity index (χ0n) is 18.7. The van der Waals surface area contributed by atoms with Gasteiger partial charge in [0.15, 0.2) is 17.4 Å². The van der Waals surface area contributed by atoms with E-state index in [4.69, 9.17) is 4.98 Å². The van der Waals surface area contributed by atoms with Crippen molar-refractivity contribution in [1.82, 2.24) is 24.2 Å². The lowest BCUT2D eigenvalue weighted by molar-refractivity contribution is 0.481. The summed E-state index contributed by atoms with van der Waals surface area (Å²) >= 11 is 0.0270. The van der Waals surface area contributed by atoms with Crippen molar-refractivity contribution in [1.29, 1.82) is 0 Å². The van der Waals surface area contributed by atoms with Gasteiger partial charge in [0.2, 0.25) is 0 Å². The molecular weight excluding hydrogens is 459 g/mol. The first-order valence-electron chi connectivity index (χ1n) is 10.8. The summed E-state index contributed by atoms with van der Waals surface area (Å²) in [6.45, 7) is 7.73. The highest BCUT2D eigenvalue weighted by molar-refractivity contribution is 7.90. The first kappa shape index (κ1) is 22.3. The molecule has 0 amide bonds. The average molecular weight is 485 g/mol. The third-order valence-electron chi connectivity index (χ3n) is 5.59. The van der Waals surface area contributed by atoms with E-state index >= 15 is 4.39 Å². The van der Waals surface area contributed by atoms with Crippen LogP contribution in [-0.2, 0) is 17.0 Å². The molecule has 0 spiro atoms. The second-order valence-electron chi connectivity index (χ2n) is 9.06. The van der Waals surface area contributed by atoms with Gasteiger partial charge in [-0.2, -0.15) is 4.72 Å². The Morgan fingerprint density at radius 3 is 2.70 bits per heavy atom. The van der Waals surface area contributed by atoms with E-state index in [2.05, 4.69) is 40.4 Å². The minimum atomic E-state index is -1.48. The van der Waals surface area contributed by atoms with Gasteiger partial charge in [0, 0.05) is 35.7 Å². The fourth-order valence-corrected chi connectivity index (χ4v) is 6.06. The standard InChI is InChI=1S/C23H25FN6OS2/c1-23(2,3)22-28-19(20(32-22)18-15-9-10-25-21(15)27-13-26-18)14-7-6-8-16(17(14)24)29-33(31)30-11-4-5-12-30/h6-10,13,29H,4-5,11-12H2,1-3H3,(H,25,26,27). The van der Waals surface area contributed by atoms with Crippen LogP contribution < -0.4 is 4.72 Å². The Bertz CT molecular complexity index is 1290. The van der Waals surface area contributed by atoms with Crippen molar-refractivity contribution >= 4 is 39.6 Å². The summed E-state index contributed by atoms with van der Waals surface area (Å²) in [6.07, 6.45) is 5.31. The van der Waals surface area contributed by atoms with Crippen LogP contribution in [0, 0.1) is 5.82 Å². The van der Waals surface area contributed by atoms with Gasteiger partial charge in [0.1, 0.15) is 17.7 Å². The molecule has 0 saturated carbocycles. The third-order valence-corrected chi connectivity index (χ3v) is 8.30.